The lowest BCUT2D eigenvalue weighted by Crippen LogP contribution is -2.25. The van der Waals surface area contributed by atoms with Crippen LogP contribution in [-0.2, 0) is 6.54 Å². The number of hydrogen-bond donors (Lipinski definition) is 0. The van der Waals surface area contributed by atoms with Crippen molar-refractivity contribution in [1.82, 2.24) is 4.90 Å². The minimum atomic E-state index is 0.662. The van der Waals surface area contributed by atoms with Gasteiger partial charge in [-0.2, -0.15) is 0 Å². The van der Waals surface area contributed by atoms with Crippen LogP contribution in [0.25, 0.3) is 0 Å². The van der Waals surface area contributed by atoms with Crippen LogP contribution in [0.1, 0.15) is 12.5 Å². The van der Waals surface area contributed by atoms with Gasteiger partial charge >= 0.3 is 0 Å². The molecule has 0 aromatic heterocycles. The summed E-state index contributed by atoms with van der Waals surface area (Å²) in [5.41, 5.74) is 1.23. The largest absolute Gasteiger partial charge is 0.497 e. The van der Waals surface area contributed by atoms with E-state index in [0.29, 0.717) is 5.88 Å². The van der Waals surface area contributed by atoms with Gasteiger partial charge in [0, 0.05) is 23.4 Å². The Morgan fingerprint density at radius 3 is 2.75 bits per heavy atom. The molecular weight excluding hydrogens is 289 g/mol. The minimum Gasteiger partial charge on any atom is -0.497 e. The van der Waals surface area contributed by atoms with Crippen LogP contribution in [0.3, 0.4) is 0 Å². The zero-order valence-electron chi connectivity index (χ0n) is 9.67. The van der Waals surface area contributed by atoms with Crippen molar-refractivity contribution >= 4 is 27.5 Å². The summed E-state index contributed by atoms with van der Waals surface area (Å²) in [4.78, 5) is 2.30. The summed E-state index contributed by atoms with van der Waals surface area (Å²) in [5.74, 6) is 1.55. The molecule has 0 aliphatic heterocycles. The van der Waals surface area contributed by atoms with Gasteiger partial charge < -0.3 is 4.74 Å². The molecule has 2 nitrogen and oxygen atoms in total. The average Bonchev–Trinajstić information content (AvgIpc) is 2.31. The Balaban J connectivity index is 2.77. The van der Waals surface area contributed by atoms with Crippen LogP contribution in [0.15, 0.2) is 22.7 Å². The van der Waals surface area contributed by atoms with Crippen LogP contribution in [0, 0.1) is 0 Å². The van der Waals surface area contributed by atoms with Gasteiger partial charge in [-0.15, -0.1) is 11.6 Å². The summed E-state index contributed by atoms with van der Waals surface area (Å²) in [6, 6.07) is 6.02. The van der Waals surface area contributed by atoms with Crippen molar-refractivity contribution in [3.63, 3.8) is 0 Å². The summed E-state index contributed by atoms with van der Waals surface area (Å²) in [5, 5.41) is 0. The van der Waals surface area contributed by atoms with Crippen LogP contribution in [0.4, 0.5) is 0 Å². The van der Waals surface area contributed by atoms with E-state index in [1.54, 1.807) is 7.11 Å². The minimum absolute atomic E-state index is 0.662. The highest BCUT2D eigenvalue weighted by atomic mass is 79.9. The summed E-state index contributed by atoms with van der Waals surface area (Å²) in [6.07, 6.45) is 0. The van der Waals surface area contributed by atoms with Gasteiger partial charge in [-0.25, -0.2) is 0 Å². The molecule has 0 aliphatic rings. The van der Waals surface area contributed by atoms with Crippen molar-refractivity contribution in [3.8, 4) is 5.75 Å². The second-order valence-electron chi connectivity index (χ2n) is 3.52. The molecule has 90 valence electrons. The predicted octanol–water partition coefficient (Wildman–Crippen LogP) is 3.52. The number of rotatable bonds is 6. The molecule has 0 spiro atoms. The van der Waals surface area contributed by atoms with E-state index >= 15 is 0 Å². The van der Waals surface area contributed by atoms with E-state index in [1.807, 2.05) is 12.1 Å². The molecule has 0 N–H and O–H groups in total. The van der Waals surface area contributed by atoms with E-state index in [0.717, 1.165) is 29.9 Å². The van der Waals surface area contributed by atoms with Crippen LogP contribution < -0.4 is 4.74 Å². The molecule has 0 heterocycles. The van der Waals surface area contributed by atoms with Crippen LogP contribution in [0.2, 0.25) is 0 Å². The Kier molecular flexibility index (Phi) is 6.17. The van der Waals surface area contributed by atoms with Crippen LogP contribution >= 0.6 is 27.5 Å². The zero-order chi connectivity index (χ0) is 12.0. The first kappa shape index (κ1) is 13.8. The Bertz CT molecular complexity index is 333. The second kappa shape index (κ2) is 7.15. The van der Waals surface area contributed by atoms with Gasteiger partial charge in [0.05, 0.1) is 7.11 Å². The second-order valence-corrected chi connectivity index (χ2v) is 4.75. The Morgan fingerprint density at radius 2 is 2.19 bits per heavy atom. The molecule has 1 aromatic carbocycles. The van der Waals surface area contributed by atoms with Gasteiger partial charge in [0.1, 0.15) is 5.75 Å². The number of ether oxygens (including phenoxy) is 1. The predicted molar refractivity (Wildman–Crippen MR) is 72.4 cm³/mol. The average molecular weight is 307 g/mol. The number of alkyl halides is 1. The van der Waals surface area contributed by atoms with Crippen molar-refractivity contribution in [3.05, 3.63) is 28.2 Å². The first-order valence-corrected chi connectivity index (χ1v) is 6.64. The Labute approximate surface area is 111 Å². The third kappa shape index (κ3) is 3.96. The molecule has 4 heteroatoms. The lowest BCUT2D eigenvalue weighted by atomic mass is 10.2. The van der Waals surface area contributed by atoms with E-state index in [1.165, 1.54) is 5.56 Å². The molecule has 0 bridgehead atoms. The summed E-state index contributed by atoms with van der Waals surface area (Å²) >= 11 is 9.31. The third-order valence-electron chi connectivity index (χ3n) is 2.49. The highest BCUT2D eigenvalue weighted by Crippen LogP contribution is 2.23. The fourth-order valence-electron chi connectivity index (χ4n) is 1.51. The molecule has 16 heavy (non-hydrogen) atoms. The monoisotopic (exact) mass is 305 g/mol. The topological polar surface area (TPSA) is 12.5 Å². The van der Waals surface area contributed by atoms with E-state index in [9.17, 15) is 0 Å². The fraction of sp³-hybridized carbons (Fsp3) is 0.500. The molecule has 0 aliphatic carbocycles. The maximum Gasteiger partial charge on any atom is 0.119 e. The van der Waals surface area contributed by atoms with Gasteiger partial charge in [0.15, 0.2) is 0 Å². The molecule has 0 fully saturated rings. The van der Waals surface area contributed by atoms with Crippen molar-refractivity contribution in [2.45, 2.75) is 13.5 Å². The van der Waals surface area contributed by atoms with Crippen LogP contribution in [-0.4, -0.2) is 31.0 Å². The van der Waals surface area contributed by atoms with E-state index in [4.69, 9.17) is 16.3 Å². The van der Waals surface area contributed by atoms with Crippen molar-refractivity contribution in [1.29, 1.82) is 0 Å². The molecule has 0 atom stereocenters. The molecule has 0 unspecified atom stereocenters. The normalized spacial score (nSPS) is 10.8. The zero-order valence-corrected chi connectivity index (χ0v) is 12.0. The SMILES string of the molecule is CCN(CCCl)Cc1cc(OC)ccc1Br. The van der Waals surface area contributed by atoms with Gasteiger partial charge in [-0.05, 0) is 30.3 Å². The first-order valence-electron chi connectivity index (χ1n) is 5.32. The summed E-state index contributed by atoms with van der Waals surface area (Å²) in [7, 11) is 1.68. The fourth-order valence-corrected chi connectivity index (χ4v) is 2.12. The molecule has 0 radical (unpaired) electrons. The third-order valence-corrected chi connectivity index (χ3v) is 3.44. The molecule has 0 amide bonds. The van der Waals surface area contributed by atoms with E-state index < -0.39 is 0 Å². The smallest absolute Gasteiger partial charge is 0.119 e. The standard InChI is InChI=1S/C12H17BrClNO/c1-3-15(7-6-14)9-10-8-11(16-2)4-5-12(10)13/h4-5,8H,3,6-7,9H2,1-2H3. The molecule has 0 saturated heterocycles. The van der Waals surface area contributed by atoms with Gasteiger partial charge in [0.2, 0.25) is 0 Å². The lowest BCUT2D eigenvalue weighted by Gasteiger charge is -2.20. The van der Waals surface area contributed by atoms with Gasteiger partial charge in [-0.1, -0.05) is 22.9 Å². The van der Waals surface area contributed by atoms with E-state index in [2.05, 4.69) is 33.8 Å². The number of hydrogen-bond acceptors (Lipinski definition) is 2. The molecule has 0 saturated carbocycles. The highest BCUT2D eigenvalue weighted by molar-refractivity contribution is 9.10. The van der Waals surface area contributed by atoms with Crippen LogP contribution in [0.5, 0.6) is 5.75 Å². The lowest BCUT2D eigenvalue weighted by molar-refractivity contribution is 0.296. The maximum atomic E-state index is 5.76. The molecule has 1 aromatic rings. The number of nitrogens with zero attached hydrogens (tertiary/aromatic N) is 1. The number of halogens is 2. The molecular formula is C12H17BrClNO. The first-order chi connectivity index (χ1) is 7.71. The Morgan fingerprint density at radius 1 is 1.44 bits per heavy atom. The number of methoxy groups -OCH3 is 1. The summed E-state index contributed by atoms with van der Waals surface area (Å²) < 4.78 is 6.33. The molecule has 1 rings (SSSR count). The highest BCUT2D eigenvalue weighted by Gasteiger charge is 2.07. The number of benzene rings is 1. The van der Waals surface area contributed by atoms with Gasteiger partial charge in [0.25, 0.3) is 0 Å². The van der Waals surface area contributed by atoms with Crippen molar-refractivity contribution < 1.29 is 4.74 Å². The maximum absolute atomic E-state index is 5.76. The van der Waals surface area contributed by atoms with E-state index in [-0.39, 0.29) is 0 Å². The Hall–Kier alpha value is -0.250. The van der Waals surface area contributed by atoms with Crippen molar-refractivity contribution in [2.75, 3.05) is 26.1 Å². The quantitative estimate of drug-likeness (QED) is 0.746. The van der Waals surface area contributed by atoms with Gasteiger partial charge in [-0.3, -0.25) is 4.90 Å². The van der Waals surface area contributed by atoms with Crippen molar-refractivity contribution in [2.24, 2.45) is 0 Å². The summed E-state index contributed by atoms with van der Waals surface area (Å²) in [6.45, 7) is 4.93.